The molecule has 2 aliphatic heterocycles. The van der Waals surface area contributed by atoms with Gasteiger partial charge in [0.25, 0.3) is 0 Å². The third-order valence-corrected chi connectivity index (χ3v) is 4.93. The Morgan fingerprint density at radius 2 is 2.26 bits per heavy atom. The molecular weight excluding hydrogens is 290 g/mol. The van der Waals surface area contributed by atoms with E-state index in [0.717, 1.165) is 44.6 Å². The van der Waals surface area contributed by atoms with Gasteiger partial charge in [0.05, 0.1) is 13.7 Å². The lowest BCUT2D eigenvalue weighted by Gasteiger charge is -2.25. The van der Waals surface area contributed by atoms with Crippen LogP contribution in [0.1, 0.15) is 24.0 Å². The predicted molar refractivity (Wildman–Crippen MR) is 92.0 cm³/mol. The van der Waals surface area contributed by atoms with Crippen molar-refractivity contribution in [2.24, 2.45) is 10.4 Å². The van der Waals surface area contributed by atoms with Crippen LogP contribution in [-0.4, -0.2) is 51.3 Å². The van der Waals surface area contributed by atoms with Crippen molar-refractivity contribution in [2.45, 2.75) is 26.3 Å². The Hall–Kier alpha value is -1.75. The van der Waals surface area contributed by atoms with Gasteiger partial charge in [0.2, 0.25) is 0 Å². The normalized spacial score (nSPS) is 24.5. The average molecular weight is 317 g/mol. The second-order valence-corrected chi connectivity index (χ2v) is 6.73. The summed E-state index contributed by atoms with van der Waals surface area (Å²) in [5, 5.41) is 3.49. The predicted octanol–water partition coefficient (Wildman–Crippen LogP) is 2.19. The summed E-state index contributed by atoms with van der Waals surface area (Å²) in [6, 6.07) is 6.30. The fourth-order valence-corrected chi connectivity index (χ4v) is 3.65. The van der Waals surface area contributed by atoms with Gasteiger partial charge in [0.1, 0.15) is 5.75 Å². The van der Waals surface area contributed by atoms with Crippen LogP contribution in [0, 0.1) is 12.3 Å². The minimum atomic E-state index is 0.351. The van der Waals surface area contributed by atoms with Gasteiger partial charge in [-0.05, 0) is 43.0 Å². The van der Waals surface area contributed by atoms with Gasteiger partial charge in [-0.15, -0.1) is 0 Å². The molecule has 0 bridgehead atoms. The molecule has 0 saturated carbocycles. The van der Waals surface area contributed by atoms with Crippen molar-refractivity contribution >= 4 is 5.96 Å². The molecule has 5 nitrogen and oxygen atoms in total. The second-order valence-electron chi connectivity index (χ2n) is 6.73. The molecule has 1 unspecified atom stereocenters. The molecule has 2 fully saturated rings. The fraction of sp³-hybridized carbons (Fsp3) is 0.611. The molecule has 1 spiro atoms. The van der Waals surface area contributed by atoms with E-state index in [1.165, 1.54) is 24.0 Å². The van der Waals surface area contributed by atoms with Gasteiger partial charge in [-0.25, -0.2) is 0 Å². The van der Waals surface area contributed by atoms with Crippen LogP contribution in [0.25, 0.3) is 0 Å². The molecule has 2 aliphatic rings. The zero-order valence-corrected chi connectivity index (χ0v) is 14.4. The number of nitrogens with one attached hydrogen (secondary N) is 1. The number of aryl methyl sites for hydroxylation is 1. The Kier molecular flexibility index (Phi) is 4.76. The SMILES string of the molecule is CN=C(NCc1cc(C)cc(OC)c1)N1CCC2(CCOC2)C1. The van der Waals surface area contributed by atoms with Crippen molar-refractivity contribution in [1.29, 1.82) is 0 Å². The maximum absolute atomic E-state index is 5.61. The number of hydrogen-bond acceptors (Lipinski definition) is 3. The van der Waals surface area contributed by atoms with E-state index in [0.29, 0.717) is 5.41 Å². The van der Waals surface area contributed by atoms with E-state index in [2.05, 4.69) is 34.3 Å². The molecule has 2 heterocycles. The van der Waals surface area contributed by atoms with Crippen LogP contribution in [0.4, 0.5) is 0 Å². The monoisotopic (exact) mass is 317 g/mol. The first-order valence-corrected chi connectivity index (χ1v) is 8.32. The van der Waals surface area contributed by atoms with Crippen molar-refractivity contribution in [3.63, 3.8) is 0 Å². The minimum absolute atomic E-state index is 0.351. The number of benzene rings is 1. The van der Waals surface area contributed by atoms with Crippen molar-refractivity contribution in [3.8, 4) is 5.75 Å². The first kappa shape index (κ1) is 16.1. The van der Waals surface area contributed by atoms with Crippen LogP contribution in [0.15, 0.2) is 23.2 Å². The van der Waals surface area contributed by atoms with E-state index in [4.69, 9.17) is 9.47 Å². The Balaban J connectivity index is 1.61. The molecule has 0 amide bonds. The largest absolute Gasteiger partial charge is 0.497 e. The third kappa shape index (κ3) is 3.61. The van der Waals surface area contributed by atoms with Crippen molar-refractivity contribution < 1.29 is 9.47 Å². The molecule has 0 radical (unpaired) electrons. The minimum Gasteiger partial charge on any atom is -0.497 e. The summed E-state index contributed by atoms with van der Waals surface area (Å²) in [5.41, 5.74) is 2.77. The Labute approximate surface area is 138 Å². The highest BCUT2D eigenvalue weighted by atomic mass is 16.5. The second kappa shape index (κ2) is 6.79. The highest BCUT2D eigenvalue weighted by molar-refractivity contribution is 5.80. The van der Waals surface area contributed by atoms with Crippen LogP contribution in [0.5, 0.6) is 5.75 Å². The molecule has 0 aliphatic carbocycles. The Morgan fingerprint density at radius 1 is 1.39 bits per heavy atom. The maximum Gasteiger partial charge on any atom is 0.193 e. The molecule has 5 heteroatoms. The quantitative estimate of drug-likeness (QED) is 0.686. The lowest BCUT2D eigenvalue weighted by Crippen LogP contribution is -2.41. The number of rotatable bonds is 3. The molecule has 126 valence electrons. The zero-order valence-electron chi connectivity index (χ0n) is 14.4. The topological polar surface area (TPSA) is 46.1 Å². The van der Waals surface area contributed by atoms with Gasteiger partial charge in [-0.3, -0.25) is 4.99 Å². The first-order chi connectivity index (χ1) is 11.1. The van der Waals surface area contributed by atoms with Crippen molar-refractivity contribution in [1.82, 2.24) is 10.2 Å². The molecule has 1 atom stereocenters. The van der Waals surface area contributed by atoms with Gasteiger partial charge < -0.3 is 19.7 Å². The fourth-order valence-electron chi connectivity index (χ4n) is 3.65. The number of guanidine groups is 1. The summed E-state index contributed by atoms with van der Waals surface area (Å²) in [5.74, 6) is 1.88. The van der Waals surface area contributed by atoms with E-state index in [-0.39, 0.29) is 0 Å². The molecule has 1 aromatic rings. The van der Waals surface area contributed by atoms with E-state index in [1.54, 1.807) is 7.11 Å². The van der Waals surface area contributed by atoms with E-state index in [1.807, 2.05) is 13.1 Å². The molecule has 3 rings (SSSR count). The van der Waals surface area contributed by atoms with Gasteiger partial charge in [-0.2, -0.15) is 0 Å². The van der Waals surface area contributed by atoms with Gasteiger partial charge in [0.15, 0.2) is 5.96 Å². The summed E-state index contributed by atoms with van der Waals surface area (Å²) < 4.78 is 11.0. The van der Waals surface area contributed by atoms with Gasteiger partial charge in [0, 0.05) is 38.7 Å². The number of aliphatic imine (C=N–C) groups is 1. The average Bonchev–Trinajstić information content (AvgIpc) is 3.18. The summed E-state index contributed by atoms with van der Waals surface area (Å²) in [4.78, 5) is 6.83. The summed E-state index contributed by atoms with van der Waals surface area (Å²) >= 11 is 0. The lowest BCUT2D eigenvalue weighted by molar-refractivity contribution is 0.156. The van der Waals surface area contributed by atoms with Gasteiger partial charge >= 0.3 is 0 Å². The number of likely N-dealkylation sites (tertiary alicyclic amines) is 1. The van der Waals surface area contributed by atoms with Crippen LogP contribution in [0.3, 0.4) is 0 Å². The smallest absolute Gasteiger partial charge is 0.193 e. The lowest BCUT2D eigenvalue weighted by atomic mass is 9.87. The highest BCUT2D eigenvalue weighted by Gasteiger charge is 2.42. The van der Waals surface area contributed by atoms with Crippen molar-refractivity contribution in [3.05, 3.63) is 29.3 Å². The molecule has 0 aromatic heterocycles. The summed E-state index contributed by atoms with van der Waals surface area (Å²) in [6.07, 6.45) is 2.38. The van der Waals surface area contributed by atoms with E-state index < -0.39 is 0 Å². The van der Waals surface area contributed by atoms with Crippen molar-refractivity contribution in [2.75, 3.05) is 40.5 Å². The number of nitrogens with zero attached hydrogens (tertiary/aromatic N) is 2. The number of hydrogen-bond donors (Lipinski definition) is 1. The number of ether oxygens (including phenoxy) is 2. The molecule has 1 aromatic carbocycles. The van der Waals surface area contributed by atoms with E-state index >= 15 is 0 Å². The summed E-state index contributed by atoms with van der Waals surface area (Å²) in [6.45, 7) is 6.75. The third-order valence-electron chi connectivity index (χ3n) is 4.93. The van der Waals surface area contributed by atoms with Gasteiger partial charge in [-0.1, -0.05) is 6.07 Å². The first-order valence-electron chi connectivity index (χ1n) is 8.32. The number of methoxy groups -OCH3 is 1. The Bertz CT molecular complexity index is 580. The molecular formula is C18H27N3O2. The zero-order chi connectivity index (χ0) is 16.3. The molecule has 23 heavy (non-hydrogen) atoms. The maximum atomic E-state index is 5.61. The van der Waals surface area contributed by atoms with Crippen LogP contribution in [0.2, 0.25) is 0 Å². The highest BCUT2D eigenvalue weighted by Crippen LogP contribution is 2.38. The van der Waals surface area contributed by atoms with E-state index in [9.17, 15) is 0 Å². The van der Waals surface area contributed by atoms with Crippen LogP contribution < -0.4 is 10.1 Å². The Morgan fingerprint density at radius 3 is 2.96 bits per heavy atom. The molecule has 1 N–H and O–H groups in total. The summed E-state index contributed by atoms with van der Waals surface area (Å²) in [7, 11) is 3.56. The van der Waals surface area contributed by atoms with Crippen LogP contribution in [-0.2, 0) is 11.3 Å². The molecule has 2 saturated heterocycles. The standard InChI is InChI=1S/C18H27N3O2/c1-14-8-15(10-16(9-14)22-3)11-20-17(19-2)21-6-4-18(12-21)5-7-23-13-18/h8-10H,4-7,11-13H2,1-3H3,(H,19,20). The van der Waals surface area contributed by atoms with Crippen LogP contribution >= 0.6 is 0 Å².